The number of pyridine rings is 2. The molecule has 3 fully saturated rings. The summed E-state index contributed by atoms with van der Waals surface area (Å²) in [6.07, 6.45) is 12.1. The average molecular weight is 348 g/mol. The molecule has 2 aromatic heterocycles. The van der Waals surface area contributed by atoms with Crippen molar-refractivity contribution in [2.45, 2.75) is 31.3 Å². The van der Waals surface area contributed by atoms with Gasteiger partial charge in [0.2, 0.25) is 5.91 Å². The van der Waals surface area contributed by atoms with E-state index in [1.165, 1.54) is 18.4 Å². The SMILES string of the molecule is O=C(/C=C/c1ccccn1)NC1C2CCN(CC2)C1Cc1cccnc1. The standard InChI is InChI=1S/C21H24N4O/c26-20(7-6-18-5-1-2-11-23-18)24-21-17-8-12-25(13-9-17)19(21)14-16-4-3-10-22-15-16/h1-7,10-11,15,17,19,21H,8-9,12-14H2,(H,24,26)/b7-6+. The Morgan fingerprint density at radius 3 is 2.81 bits per heavy atom. The molecule has 2 atom stereocenters. The van der Waals surface area contributed by atoms with Crippen LogP contribution >= 0.6 is 0 Å². The fraction of sp³-hybridized carbons (Fsp3) is 0.381. The zero-order valence-corrected chi connectivity index (χ0v) is 14.8. The lowest BCUT2D eigenvalue weighted by Gasteiger charge is -2.51. The van der Waals surface area contributed by atoms with E-state index >= 15 is 0 Å². The van der Waals surface area contributed by atoms with E-state index in [1.807, 2.05) is 30.5 Å². The van der Waals surface area contributed by atoms with Crippen molar-refractivity contribution in [2.24, 2.45) is 5.92 Å². The van der Waals surface area contributed by atoms with E-state index < -0.39 is 0 Å². The van der Waals surface area contributed by atoms with Crippen molar-refractivity contribution in [1.82, 2.24) is 20.2 Å². The number of carbonyl (C=O) groups is 1. The maximum atomic E-state index is 12.5. The molecule has 2 aromatic rings. The third-order valence-electron chi connectivity index (χ3n) is 5.54. The fourth-order valence-corrected chi connectivity index (χ4v) is 4.23. The van der Waals surface area contributed by atoms with Crippen LogP contribution in [0.1, 0.15) is 24.1 Å². The molecular weight excluding hydrogens is 324 g/mol. The molecule has 0 aliphatic carbocycles. The van der Waals surface area contributed by atoms with Gasteiger partial charge in [0.15, 0.2) is 0 Å². The van der Waals surface area contributed by atoms with Gasteiger partial charge in [-0.2, -0.15) is 0 Å². The first-order valence-electron chi connectivity index (χ1n) is 9.32. The summed E-state index contributed by atoms with van der Waals surface area (Å²) in [5.41, 5.74) is 2.02. The number of nitrogens with zero attached hydrogens (tertiary/aromatic N) is 3. The predicted molar refractivity (Wildman–Crippen MR) is 101 cm³/mol. The molecule has 3 aliphatic rings. The van der Waals surface area contributed by atoms with Crippen molar-refractivity contribution in [3.05, 3.63) is 66.3 Å². The molecule has 0 aromatic carbocycles. The number of hydrogen-bond acceptors (Lipinski definition) is 4. The summed E-state index contributed by atoms with van der Waals surface area (Å²) < 4.78 is 0. The first-order valence-corrected chi connectivity index (χ1v) is 9.32. The normalized spacial score (nSPS) is 27.5. The van der Waals surface area contributed by atoms with Crippen molar-refractivity contribution in [1.29, 1.82) is 0 Å². The van der Waals surface area contributed by atoms with E-state index in [0.717, 1.165) is 25.2 Å². The van der Waals surface area contributed by atoms with Crippen LogP contribution in [0.2, 0.25) is 0 Å². The molecule has 3 aliphatic heterocycles. The molecule has 2 unspecified atom stereocenters. The van der Waals surface area contributed by atoms with Crippen LogP contribution in [0.4, 0.5) is 0 Å². The lowest BCUT2D eigenvalue weighted by Crippen LogP contribution is -2.64. The minimum Gasteiger partial charge on any atom is -0.348 e. The molecule has 3 saturated heterocycles. The third kappa shape index (κ3) is 3.83. The number of amides is 1. The Hall–Kier alpha value is -2.53. The Balaban J connectivity index is 1.45. The van der Waals surface area contributed by atoms with Gasteiger partial charge in [-0.15, -0.1) is 0 Å². The second-order valence-electron chi connectivity index (χ2n) is 7.13. The lowest BCUT2D eigenvalue weighted by molar-refractivity contribution is -0.119. The van der Waals surface area contributed by atoms with E-state index in [0.29, 0.717) is 12.0 Å². The summed E-state index contributed by atoms with van der Waals surface area (Å²) in [7, 11) is 0. The fourth-order valence-electron chi connectivity index (χ4n) is 4.23. The highest BCUT2D eigenvalue weighted by Gasteiger charge is 2.42. The number of nitrogens with one attached hydrogen (secondary N) is 1. The maximum absolute atomic E-state index is 12.5. The van der Waals surface area contributed by atoms with Crippen molar-refractivity contribution in [3.8, 4) is 0 Å². The second kappa shape index (κ2) is 7.79. The Kier molecular flexibility index (Phi) is 5.07. The van der Waals surface area contributed by atoms with E-state index in [1.54, 1.807) is 24.5 Å². The van der Waals surface area contributed by atoms with E-state index in [2.05, 4.69) is 26.3 Å². The molecule has 134 valence electrons. The van der Waals surface area contributed by atoms with Crippen LogP contribution in [-0.4, -0.2) is 45.9 Å². The molecule has 1 amide bonds. The molecule has 0 saturated carbocycles. The summed E-state index contributed by atoms with van der Waals surface area (Å²) in [5, 5.41) is 3.28. The van der Waals surface area contributed by atoms with Crippen LogP contribution in [0.5, 0.6) is 0 Å². The lowest BCUT2D eigenvalue weighted by atomic mass is 9.77. The van der Waals surface area contributed by atoms with Crippen LogP contribution in [-0.2, 0) is 11.2 Å². The molecule has 0 spiro atoms. The first kappa shape index (κ1) is 16.9. The quantitative estimate of drug-likeness (QED) is 0.843. The van der Waals surface area contributed by atoms with Crippen LogP contribution in [0.3, 0.4) is 0 Å². The molecule has 5 nitrogen and oxygen atoms in total. The topological polar surface area (TPSA) is 58.1 Å². The van der Waals surface area contributed by atoms with Gasteiger partial charge in [0.1, 0.15) is 0 Å². The third-order valence-corrected chi connectivity index (χ3v) is 5.54. The minimum absolute atomic E-state index is 0.0365. The van der Waals surface area contributed by atoms with Crippen molar-refractivity contribution in [2.75, 3.05) is 13.1 Å². The first-order chi connectivity index (χ1) is 12.8. The van der Waals surface area contributed by atoms with Gasteiger partial charge in [-0.05, 0) is 68.1 Å². The highest BCUT2D eigenvalue weighted by Crippen LogP contribution is 2.33. The van der Waals surface area contributed by atoms with Gasteiger partial charge in [0.05, 0.1) is 5.69 Å². The van der Waals surface area contributed by atoms with Gasteiger partial charge >= 0.3 is 0 Å². The number of aromatic nitrogens is 2. The van der Waals surface area contributed by atoms with Crippen LogP contribution in [0, 0.1) is 5.92 Å². The van der Waals surface area contributed by atoms with Crippen LogP contribution in [0.15, 0.2) is 55.0 Å². The minimum atomic E-state index is -0.0365. The summed E-state index contributed by atoms with van der Waals surface area (Å²) >= 11 is 0. The molecule has 26 heavy (non-hydrogen) atoms. The van der Waals surface area contributed by atoms with Crippen LogP contribution in [0.25, 0.3) is 6.08 Å². The molecular formula is C21H24N4O. The molecule has 1 N–H and O–H groups in total. The van der Waals surface area contributed by atoms with Gasteiger partial charge in [-0.3, -0.25) is 19.7 Å². The molecule has 2 bridgehead atoms. The number of piperidine rings is 3. The maximum Gasteiger partial charge on any atom is 0.244 e. The highest BCUT2D eigenvalue weighted by atomic mass is 16.1. The summed E-state index contributed by atoms with van der Waals surface area (Å²) in [4.78, 5) is 23.5. The molecule has 5 rings (SSSR count). The van der Waals surface area contributed by atoms with E-state index in [4.69, 9.17) is 0 Å². The van der Waals surface area contributed by atoms with E-state index in [9.17, 15) is 4.79 Å². The Morgan fingerprint density at radius 1 is 1.19 bits per heavy atom. The smallest absolute Gasteiger partial charge is 0.244 e. The van der Waals surface area contributed by atoms with Gasteiger partial charge in [0.25, 0.3) is 0 Å². The Labute approximate surface area is 154 Å². The number of hydrogen-bond donors (Lipinski definition) is 1. The molecule has 0 radical (unpaired) electrons. The van der Waals surface area contributed by atoms with Crippen molar-refractivity contribution in [3.63, 3.8) is 0 Å². The summed E-state index contributed by atoms with van der Waals surface area (Å²) in [6, 6.07) is 10.3. The summed E-state index contributed by atoms with van der Waals surface area (Å²) in [6.45, 7) is 2.26. The number of carbonyl (C=O) groups excluding carboxylic acids is 1. The van der Waals surface area contributed by atoms with Crippen molar-refractivity contribution >= 4 is 12.0 Å². The Bertz CT molecular complexity index is 754. The van der Waals surface area contributed by atoms with Crippen LogP contribution < -0.4 is 5.32 Å². The van der Waals surface area contributed by atoms with Gasteiger partial charge in [-0.1, -0.05) is 12.1 Å². The zero-order chi connectivity index (χ0) is 17.8. The van der Waals surface area contributed by atoms with Crippen molar-refractivity contribution < 1.29 is 4.79 Å². The zero-order valence-electron chi connectivity index (χ0n) is 14.8. The summed E-state index contributed by atoms with van der Waals surface area (Å²) in [5.74, 6) is 0.527. The molecule has 5 heteroatoms. The highest BCUT2D eigenvalue weighted by molar-refractivity contribution is 5.91. The van der Waals surface area contributed by atoms with Gasteiger partial charge in [-0.25, -0.2) is 0 Å². The molecule has 5 heterocycles. The predicted octanol–water partition coefficient (Wildman–Crippen LogP) is 2.31. The van der Waals surface area contributed by atoms with Gasteiger partial charge < -0.3 is 5.32 Å². The average Bonchev–Trinajstić information content (AvgIpc) is 2.70. The monoisotopic (exact) mass is 348 g/mol. The number of rotatable bonds is 5. The number of fused-ring (bicyclic) bond motifs is 3. The Morgan fingerprint density at radius 2 is 2.08 bits per heavy atom. The van der Waals surface area contributed by atoms with Gasteiger partial charge in [0, 0.05) is 36.8 Å². The van der Waals surface area contributed by atoms with E-state index in [-0.39, 0.29) is 11.9 Å². The largest absolute Gasteiger partial charge is 0.348 e. The second-order valence-corrected chi connectivity index (χ2v) is 7.13.